The van der Waals surface area contributed by atoms with Gasteiger partial charge in [0, 0.05) is 45.1 Å². The molecule has 0 aromatic carbocycles. The van der Waals surface area contributed by atoms with Crippen molar-refractivity contribution in [3.63, 3.8) is 0 Å². The van der Waals surface area contributed by atoms with E-state index in [1.165, 1.54) is 4.57 Å². The zero-order valence-corrected chi connectivity index (χ0v) is 19.5. The van der Waals surface area contributed by atoms with Crippen molar-refractivity contribution in [1.82, 2.24) is 19.5 Å². The minimum Gasteiger partial charge on any atom is -0.488 e. The van der Waals surface area contributed by atoms with Gasteiger partial charge in [-0.3, -0.25) is 4.79 Å². The van der Waals surface area contributed by atoms with Gasteiger partial charge in [-0.25, -0.2) is 15.0 Å². The van der Waals surface area contributed by atoms with Gasteiger partial charge in [-0.1, -0.05) is 11.6 Å². The van der Waals surface area contributed by atoms with Crippen LogP contribution in [-0.2, 0) is 7.05 Å². The molecule has 0 aliphatic carbocycles. The molecule has 2 fully saturated rings. The summed E-state index contributed by atoms with van der Waals surface area (Å²) in [6.07, 6.45) is 3.50. The van der Waals surface area contributed by atoms with Crippen molar-refractivity contribution in [3.05, 3.63) is 45.6 Å². The third-order valence-electron chi connectivity index (χ3n) is 6.36. The molecule has 170 valence electrons. The molecule has 0 saturated carbocycles. The summed E-state index contributed by atoms with van der Waals surface area (Å²) in [6.45, 7) is 7.00. The zero-order valence-electron chi connectivity index (χ0n) is 18.7. The van der Waals surface area contributed by atoms with Crippen molar-refractivity contribution in [2.45, 2.75) is 20.0 Å². The second-order valence-corrected chi connectivity index (χ2v) is 9.30. The number of hydrogen-bond acceptors (Lipinski definition) is 8. The second-order valence-electron chi connectivity index (χ2n) is 8.92. The Balaban J connectivity index is 1.41. The average molecular weight is 466 g/mol. The van der Waals surface area contributed by atoms with Crippen LogP contribution in [0.4, 0.5) is 11.6 Å². The molecular weight excluding hydrogens is 442 g/mol. The van der Waals surface area contributed by atoms with Crippen LogP contribution < -0.4 is 20.1 Å². The van der Waals surface area contributed by atoms with Crippen LogP contribution in [0.2, 0.25) is 5.15 Å². The number of halogens is 1. The van der Waals surface area contributed by atoms with E-state index >= 15 is 0 Å². The molecule has 9 nitrogen and oxygen atoms in total. The van der Waals surface area contributed by atoms with Gasteiger partial charge in [0.25, 0.3) is 5.56 Å². The first-order valence-corrected chi connectivity index (χ1v) is 11.3. The van der Waals surface area contributed by atoms with Crippen molar-refractivity contribution in [1.29, 1.82) is 5.26 Å². The first-order valence-electron chi connectivity index (χ1n) is 10.9. The van der Waals surface area contributed by atoms with Gasteiger partial charge in [0.15, 0.2) is 5.75 Å². The minimum absolute atomic E-state index is 0.0742. The Morgan fingerprint density at radius 2 is 1.76 bits per heavy atom. The van der Waals surface area contributed by atoms with Crippen LogP contribution in [-0.4, -0.2) is 51.8 Å². The highest BCUT2D eigenvalue weighted by Crippen LogP contribution is 2.38. The first-order chi connectivity index (χ1) is 15.9. The van der Waals surface area contributed by atoms with E-state index in [0.717, 1.165) is 26.2 Å². The summed E-state index contributed by atoms with van der Waals surface area (Å²) in [6, 6.07) is 5.55. The predicted octanol–water partition coefficient (Wildman–Crippen LogP) is 2.61. The van der Waals surface area contributed by atoms with E-state index in [4.69, 9.17) is 16.3 Å². The zero-order chi connectivity index (χ0) is 23.3. The van der Waals surface area contributed by atoms with Gasteiger partial charge in [0.2, 0.25) is 5.95 Å². The highest BCUT2D eigenvalue weighted by Gasteiger charge is 2.42. The number of aromatic nitrogens is 4. The van der Waals surface area contributed by atoms with Crippen LogP contribution in [0.1, 0.15) is 19.4 Å². The van der Waals surface area contributed by atoms with Crippen LogP contribution >= 0.6 is 11.6 Å². The maximum Gasteiger partial charge on any atom is 0.270 e. The molecule has 2 atom stereocenters. The molecule has 3 aromatic heterocycles. The van der Waals surface area contributed by atoms with E-state index in [1.54, 1.807) is 31.6 Å². The topological polar surface area (TPSA) is 100 Å². The summed E-state index contributed by atoms with van der Waals surface area (Å²) in [7, 11) is 1.65. The fraction of sp³-hybridized carbons (Fsp3) is 0.435. The Kier molecular flexibility index (Phi) is 5.33. The second kappa shape index (κ2) is 8.19. The molecule has 5 heterocycles. The summed E-state index contributed by atoms with van der Waals surface area (Å²) in [4.78, 5) is 30.6. The molecule has 2 aliphatic rings. The maximum absolute atomic E-state index is 12.9. The number of ether oxygens (including phenoxy) is 1. The van der Waals surface area contributed by atoms with Crippen LogP contribution in [0.15, 0.2) is 29.3 Å². The Labute approximate surface area is 196 Å². The fourth-order valence-electron chi connectivity index (χ4n) is 4.92. The molecule has 2 aliphatic heterocycles. The van der Waals surface area contributed by atoms with Crippen LogP contribution in [0.5, 0.6) is 5.75 Å². The standard InChI is InChI=1S/C23H24ClN7O2/c1-13(2)33-16-7-26-23(27-8-16)31-11-14-9-30(10-15(14)12-31)21-17(6-25)22(32)29(3)18-4-5-19(24)28-20(18)21/h4-5,7-8,13-15H,9-12H2,1-3H3/t14-,15-/m0/s1. The first kappa shape index (κ1) is 21.5. The Hall–Kier alpha value is -3.38. The molecule has 5 rings (SSSR count). The number of nitrogens with zero attached hydrogens (tertiary/aromatic N) is 7. The largest absolute Gasteiger partial charge is 0.488 e. The van der Waals surface area contributed by atoms with E-state index in [2.05, 4.69) is 30.8 Å². The number of aryl methyl sites for hydroxylation is 1. The molecular formula is C23H24ClN7O2. The van der Waals surface area contributed by atoms with E-state index in [-0.39, 0.29) is 17.2 Å². The lowest BCUT2D eigenvalue weighted by molar-refractivity contribution is 0.240. The monoisotopic (exact) mass is 465 g/mol. The van der Waals surface area contributed by atoms with E-state index < -0.39 is 0 Å². The number of hydrogen-bond donors (Lipinski definition) is 0. The highest BCUT2D eigenvalue weighted by atomic mass is 35.5. The van der Waals surface area contributed by atoms with Crippen molar-refractivity contribution in [2.24, 2.45) is 18.9 Å². The maximum atomic E-state index is 12.9. The van der Waals surface area contributed by atoms with Gasteiger partial charge >= 0.3 is 0 Å². The number of pyridine rings is 2. The van der Waals surface area contributed by atoms with Gasteiger partial charge in [0.1, 0.15) is 22.3 Å². The molecule has 0 amide bonds. The number of rotatable bonds is 4. The number of nitriles is 1. The normalized spacial score (nSPS) is 19.9. The lowest BCUT2D eigenvalue weighted by atomic mass is 10.0. The summed E-state index contributed by atoms with van der Waals surface area (Å²) >= 11 is 6.18. The summed E-state index contributed by atoms with van der Waals surface area (Å²) in [5, 5.41) is 10.1. The third-order valence-corrected chi connectivity index (χ3v) is 6.57. The van der Waals surface area contributed by atoms with Crippen molar-refractivity contribution >= 4 is 34.3 Å². The van der Waals surface area contributed by atoms with Gasteiger partial charge in [-0.05, 0) is 26.0 Å². The third kappa shape index (κ3) is 3.74. The molecule has 33 heavy (non-hydrogen) atoms. The molecule has 2 saturated heterocycles. The van der Waals surface area contributed by atoms with Gasteiger partial charge < -0.3 is 19.1 Å². The molecule has 0 bridgehead atoms. The number of anilines is 2. The van der Waals surface area contributed by atoms with Crippen LogP contribution in [0, 0.1) is 23.2 Å². The Morgan fingerprint density at radius 1 is 1.12 bits per heavy atom. The van der Waals surface area contributed by atoms with Gasteiger partial charge in [-0.15, -0.1) is 0 Å². The SMILES string of the molecule is CC(C)Oc1cnc(N2C[C@@H]3CN(c4c(C#N)c(=O)n(C)c5ccc(Cl)nc45)C[C@H]3C2)nc1. The molecule has 0 radical (unpaired) electrons. The fourth-order valence-corrected chi connectivity index (χ4v) is 5.07. The lowest BCUT2D eigenvalue weighted by Crippen LogP contribution is -2.32. The summed E-state index contributed by atoms with van der Waals surface area (Å²) in [5.74, 6) is 2.08. The summed E-state index contributed by atoms with van der Waals surface area (Å²) in [5.41, 5.74) is 1.63. The van der Waals surface area contributed by atoms with E-state index in [9.17, 15) is 10.1 Å². The van der Waals surface area contributed by atoms with Crippen molar-refractivity contribution in [3.8, 4) is 11.8 Å². The van der Waals surface area contributed by atoms with E-state index in [1.807, 2.05) is 13.8 Å². The van der Waals surface area contributed by atoms with Crippen molar-refractivity contribution < 1.29 is 4.74 Å². The molecule has 0 unspecified atom stereocenters. The minimum atomic E-state index is -0.320. The van der Waals surface area contributed by atoms with Crippen molar-refractivity contribution in [2.75, 3.05) is 36.0 Å². The Bertz CT molecular complexity index is 1300. The Morgan fingerprint density at radius 3 is 2.36 bits per heavy atom. The van der Waals surface area contributed by atoms with Crippen LogP contribution in [0.25, 0.3) is 11.0 Å². The molecule has 0 N–H and O–H groups in total. The summed E-state index contributed by atoms with van der Waals surface area (Å²) < 4.78 is 7.10. The average Bonchev–Trinajstić information content (AvgIpc) is 3.35. The predicted molar refractivity (Wildman–Crippen MR) is 126 cm³/mol. The molecule has 10 heteroatoms. The smallest absolute Gasteiger partial charge is 0.270 e. The van der Waals surface area contributed by atoms with Gasteiger partial charge in [0.05, 0.1) is 29.7 Å². The van der Waals surface area contributed by atoms with Gasteiger partial charge in [-0.2, -0.15) is 5.26 Å². The quantitative estimate of drug-likeness (QED) is 0.542. The highest BCUT2D eigenvalue weighted by molar-refractivity contribution is 6.29. The lowest BCUT2D eigenvalue weighted by Gasteiger charge is -2.25. The van der Waals surface area contributed by atoms with E-state index in [0.29, 0.717) is 45.4 Å². The van der Waals surface area contributed by atoms with Crippen LogP contribution in [0.3, 0.4) is 0 Å². The molecule has 0 spiro atoms. The molecule has 3 aromatic rings. The number of fused-ring (bicyclic) bond motifs is 2.